The lowest BCUT2D eigenvalue weighted by Crippen LogP contribution is -2.10. The first-order valence-electron chi connectivity index (χ1n) is 15.4. The maximum Gasteiger partial charge on any atom is 0.0991 e. The highest BCUT2D eigenvalue weighted by Gasteiger charge is 2.22. The van der Waals surface area contributed by atoms with Crippen LogP contribution in [0.25, 0.3) is 60.3 Å². The fourth-order valence-corrected chi connectivity index (χ4v) is 6.96. The molecule has 46 heavy (non-hydrogen) atoms. The molecule has 214 valence electrons. The van der Waals surface area contributed by atoms with E-state index in [-0.39, 0.29) is 0 Å². The summed E-state index contributed by atoms with van der Waals surface area (Å²) >= 11 is 0. The molecule has 4 nitrogen and oxygen atoms in total. The van der Waals surface area contributed by atoms with Gasteiger partial charge in [0.15, 0.2) is 0 Å². The van der Waals surface area contributed by atoms with E-state index in [0.717, 1.165) is 55.8 Å². The van der Waals surface area contributed by atoms with Crippen molar-refractivity contribution >= 4 is 60.5 Å². The minimum Gasteiger partial charge on any atom is -0.310 e. The van der Waals surface area contributed by atoms with Gasteiger partial charge in [0.2, 0.25) is 0 Å². The van der Waals surface area contributed by atoms with Gasteiger partial charge in [0.1, 0.15) is 0 Å². The molecular formula is C42H26N4. The van der Waals surface area contributed by atoms with E-state index in [0.29, 0.717) is 5.56 Å². The summed E-state index contributed by atoms with van der Waals surface area (Å²) in [7, 11) is 0. The largest absolute Gasteiger partial charge is 0.310 e. The van der Waals surface area contributed by atoms with Crippen molar-refractivity contribution in [1.82, 2.24) is 9.55 Å². The molecule has 0 aliphatic heterocycles. The highest BCUT2D eigenvalue weighted by molar-refractivity contribution is 6.26. The van der Waals surface area contributed by atoms with Gasteiger partial charge in [-0.1, -0.05) is 78.9 Å². The average molecular weight is 587 g/mol. The molecule has 2 heterocycles. The van der Waals surface area contributed by atoms with Gasteiger partial charge in [0.25, 0.3) is 0 Å². The van der Waals surface area contributed by atoms with Crippen molar-refractivity contribution in [3.05, 3.63) is 163 Å². The maximum absolute atomic E-state index is 9.40. The molecule has 0 atom stereocenters. The van der Waals surface area contributed by atoms with Gasteiger partial charge < -0.3 is 9.47 Å². The average Bonchev–Trinajstić information content (AvgIpc) is 3.47. The zero-order chi connectivity index (χ0) is 30.6. The van der Waals surface area contributed by atoms with E-state index in [1.165, 1.54) is 21.5 Å². The lowest BCUT2D eigenvalue weighted by molar-refractivity contribution is 1.18. The Hall–Kier alpha value is -6.44. The number of hydrogen-bond acceptors (Lipinski definition) is 3. The highest BCUT2D eigenvalue weighted by Crippen LogP contribution is 2.46. The third-order valence-electron chi connectivity index (χ3n) is 9.02. The standard InChI is InChI=1S/C42H26N4/c43-27-28-14-19-34(20-15-28)46-38-13-5-7-30-18-23-36-37(24-25-39(46)41(36)40(30)38)45(32-10-2-1-3-11-32)33-21-16-29(17-22-33)35-12-4-8-31-9-6-26-44-42(31)35/h1-26H. The predicted molar refractivity (Wildman–Crippen MR) is 190 cm³/mol. The van der Waals surface area contributed by atoms with E-state index in [1.54, 1.807) is 0 Å². The van der Waals surface area contributed by atoms with Crippen molar-refractivity contribution in [2.75, 3.05) is 4.90 Å². The van der Waals surface area contributed by atoms with Crippen LogP contribution in [-0.2, 0) is 0 Å². The zero-order valence-corrected chi connectivity index (χ0v) is 24.8. The van der Waals surface area contributed by atoms with E-state index < -0.39 is 0 Å². The van der Waals surface area contributed by atoms with E-state index in [9.17, 15) is 5.26 Å². The summed E-state index contributed by atoms with van der Waals surface area (Å²) in [5.41, 5.74) is 10.5. The first kappa shape index (κ1) is 26.0. The van der Waals surface area contributed by atoms with Crippen molar-refractivity contribution in [2.24, 2.45) is 0 Å². The van der Waals surface area contributed by atoms with Crippen LogP contribution in [-0.4, -0.2) is 9.55 Å². The number of para-hydroxylation sites is 2. The molecule has 0 bridgehead atoms. The summed E-state index contributed by atoms with van der Waals surface area (Å²) in [6, 6.07) is 55.4. The van der Waals surface area contributed by atoms with Gasteiger partial charge >= 0.3 is 0 Å². The van der Waals surface area contributed by atoms with Gasteiger partial charge in [-0.15, -0.1) is 0 Å². The van der Waals surface area contributed by atoms with Crippen LogP contribution in [0.2, 0.25) is 0 Å². The van der Waals surface area contributed by atoms with Crippen molar-refractivity contribution in [3.8, 4) is 22.9 Å². The van der Waals surface area contributed by atoms with Crippen LogP contribution in [0.5, 0.6) is 0 Å². The number of aromatic nitrogens is 2. The topological polar surface area (TPSA) is 44.9 Å². The number of benzene rings is 7. The van der Waals surface area contributed by atoms with E-state index >= 15 is 0 Å². The minimum absolute atomic E-state index is 0.653. The molecule has 0 unspecified atom stereocenters. The lowest BCUT2D eigenvalue weighted by atomic mass is 9.99. The van der Waals surface area contributed by atoms with Crippen LogP contribution < -0.4 is 4.90 Å². The van der Waals surface area contributed by atoms with Crippen molar-refractivity contribution < 1.29 is 0 Å². The number of rotatable bonds is 5. The molecule has 0 amide bonds. The second-order valence-corrected chi connectivity index (χ2v) is 11.6. The molecule has 0 fully saturated rings. The van der Waals surface area contributed by atoms with Crippen LogP contribution in [0.1, 0.15) is 5.56 Å². The molecule has 4 heteroatoms. The first-order chi connectivity index (χ1) is 22.8. The number of hydrogen-bond donors (Lipinski definition) is 0. The Morgan fingerprint density at radius 2 is 1.30 bits per heavy atom. The molecule has 0 saturated heterocycles. The molecule has 0 radical (unpaired) electrons. The van der Waals surface area contributed by atoms with Gasteiger partial charge in [0, 0.05) is 50.4 Å². The summed E-state index contributed by atoms with van der Waals surface area (Å²) in [5.74, 6) is 0. The van der Waals surface area contributed by atoms with Gasteiger partial charge in [-0.2, -0.15) is 5.26 Å². The van der Waals surface area contributed by atoms with Crippen LogP contribution in [0.3, 0.4) is 0 Å². The van der Waals surface area contributed by atoms with E-state index in [2.05, 4.69) is 137 Å². The molecule has 9 aromatic rings. The summed E-state index contributed by atoms with van der Waals surface area (Å²) < 4.78 is 2.31. The number of anilines is 3. The minimum atomic E-state index is 0.653. The molecular weight excluding hydrogens is 560 g/mol. The predicted octanol–water partition coefficient (Wildman–Crippen LogP) is 10.9. The summed E-state index contributed by atoms with van der Waals surface area (Å²) in [6.07, 6.45) is 1.86. The molecule has 9 rings (SSSR count). The number of nitrogens with zero attached hydrogens (tertiary/aromatic N) is 4. The zero-order valence-electron chi connectivity index (χ0n) is 24.8. The van der Waals surface area contributed by atoms with Gasteiger partial charge in [-0.3, -0.25) is 4.98 Å². The Bertz CT molecular complexity index is 2570. The molecule has 2 aromatic heterocycles. The molecule has 0 aliphatic rings. The second-order valence-electron chi connectivity index (χ2n) is 11.6. The number of nitriles is 1. The third-order valence-corrected chi connectivity index (χ3v) is 9.02. The monoisotopic (exact) mass is 586 g/mol. The molecule has 7 aromatic carbocycles. The maximum atomic E-state index is 9.40. The van der Waals surface area contributed by atoms with Crippen LogP contribution >= 0.6 is 0 Å². The Kier molecular flexibility index (Phi) is 5.84. The smallest absolute Gasteiger partial charge is 0.0991 e. The van der Waals surface area contributed by atoms with Crippen molar-refractivity contribution in [2.45, 2.75) is 0 Å². The Balaban J connectivity index is 1.25. The SMILES string of the molecule is N#Cc1ccc(-n2c3cccc4ccc5c(N(c6ccccc6)c6ccc(-c7cccc8cccnc78)cc6)ccc2c5c43)cc1. The Labute approximate surface area is 266 Å². The third kappa shape index (κ3) is 3.96. The first-order valence-corrected chi connectivity index (χ1v) is 15.4. The van der Waals surface area contributed by atoms with Crippen molar-refractivity contribution in [3.63, 3.8) is 0 Å². The fraction of sp³-hybridized carbons (Fsp3) is 0. The van der Waals surface area contributed by atoms with Crippen LogP contribution in [0, 0.1) is 11.3 Å². The highest BCUT2D eigenvalue weighted by atomic mass is 15.1. The fourth-order valence-electron chi connectivity index (χ4n) is 6.96. The normalized spacial score (nSPS) is 11.5. The van der Waals surface area contributed by atoms with E-state index in [1.807, 2.05) is 36.5 Å². The summed E-state index contributed by atoms with van der Waals surface area (Å²) in [4.78, 5) is 7.04. The van der Waals surface area contributed by atoms with Gasteiger partial charge in [0.05, 0.1) is 33.9 Å². The molecule has 0 spiro atoms. The van der Waals surface area contributed by atoms with Crippen LogP contribution in [0.15, 0.2) is 158 Å². The Morgan fingerprint density at radius 1 is 0.565 bits per heavy atom. The lowest BCUT2D eigenvalue weighted by Gasteiger charge is -2.27. The van der Waals surface area contributed by atoms with E-state index in [4.69, 9.17) is 4.98 Å². The molecule has 0 N–H and O–H groups in total. The van der Waals surface area contributed by atoms with Crippen LogP contribution in [0.4, 0.5) is 17.1 Å². The van der Waals surface area contributed by atoms with Crippen molar-refractivity contribution in [1.29, 1.82) is 5.26 Å². The van der Waals surface area contributed by atoms with Gasteiger partial charge in [-0.25, -0.2) is 0 Å². The summed E-state index contributed by atoms with van der Waals surface area (Å²) in [6.45, 7) is 0. The summed E-state index contributed by atoms with van der Waals surface area (Å²) in [5, 5.41) is 15.4. The Morgan fingerprint density at radius 3 is 2.13 bits per heavy atom. The number of pyridine rings is 1. The van der Waals surface area contributed by atoms with Gasteiger partial charge in [-0.05, 0) is 83.7 Å². The molecule has 0 aliphatic carbocycles. The molecule has 0 saturated carbocycles. The number of fused-ring (bicyclic) bond motifs is 1. The second kappa shape index (κ2) is 10.3. The quantitative estimate of drug-likeness (QED) is 0.188.